The third-order valence-corrected chi connectivity index (χ3v) is 5.37. The number of allylic oxidation sites excluding steroid dienone is 1. The van der Waals surface area contributed by atoms with Crippen LogP contribution in [0, 0.1) is 23.2 Å². The maximum absolute atomic E-state index is 12.3. The molecule has 2 rings (SSSR count). The molecule has 0 amide bonds. The van der Waals surface area contributed by atoms with E-state index in [1.54, 1.807) is 6.92 Å². The number of ketones is 1. The molecule has 0 heterocycles. The van der Waals surface area contributed by atoms with Crippen LogP contribution in [0.2, 0.25) is 0 Å². The van der Waals surface area contributed by atoms with E-state index in [1.807, 2.05) is 0 Å². The topological polar surface area (TPSA) is 43.4 Å². The zero-order valence-corrected chi connectivity index (χ0v) is 12.4. The Hall–Kier alpha value is -1.12. The fourth-order valence-electron chi connectivity index (χ4n) is 3.70. The summed E-state index contributed by atoms with van der Waals surface area (Å²) in [5.41, 5.74) is 0.725. The second kappa shape index (κ2) is 5.10. The number of carbonyl (C=O) groups excluding carboxylic acids is 2. The Kier molecular flexibility index (Phi) is 3.84. The zero-order valence-electron chi connectivity index (χ0n) is 12.4. The van der Waals surface area contributed by atoms with Gasteiger partial charge in [-0.15, -0.1) is 0 Å². The summed E-state index contributed by atoms with van der Waals surface area (Å²) in [4.78, 5) is 24.0. The van der Waals surface area contributed by atoms with Gasteiger partial charge >= 0.3 is 5.97 Å². The molecule has 0 aliphatic heterocycles. The van der Waals surface area contributed by atoms with Crippen molar-refractivity contribution in [2.75, 3.05) is 7.11 Å². The van der Waals surface area contributed by atoms with Crippen molar-refractivity contribution >= 4 is 11.8 Å². The van der Waals surface area contributed by atoms with Gasteiger partial charge in [-0.1, -0.05) is 26.3 Å². The van der Waals surface area contributed by atoms with Crippen LogP contribution in [0.4, 0.5) is 0 Å². The number of fused-ring (bicyclic) bond motifs is 1. The lowest BCUT2D eigenvalue weighted by Crippen LogP contribution is -2.42. The van der Waals surface area contributed by atoms with Crippen LogP contribution in [0.25, 0.3) is 0 Å². The molecular formula is C16H24O3. The number of hydrogen-bond donors (Lipinski definition) is 0. The van der Waals surface area contributed by atoms with E-state index in [9.17, 15) is 9.59 Å². The molecule has 0 aromatic rings. The largest absolute Gasteiger partial charge is 0.469 e. The first-order chi connectivity index (χ1) is 8.90. The smallest absolute Gasteiger partial charge is 0.312 e. The fraction of sp³-hybridized carbons (Fsp3) is 0.750. The number of methoxy groups -OCH3 is 1. The SMILES string of the molecule is COC(=O)C(C)C1=C[C@]2(C)[C@@H](CCC[C@H]2C)CC1=O. The second-order valence-electron chi connectivity index (χ2n) is 6.37. The number of Topliss-reactive ketones (excluding diaryl/α,β-unsaturated/α-hetero) is 1. The number of ether oxygens (including phenoxy) is 1. The molecule has 0 spiro atoms. The van der Waals surface area contributed by atoms with Crippen molar-refractivity contribution in [3.63, 3.8) is 0 Å². The average molecular weight is 264 g/mol. The molecule has 19 heavy (non-hydrogen) atoms. The predicted octanol–water partition coefficient (Wildman–Crippen LogP) is 3.14. The lowest BCUT2D eigenvalue weighted by atomic mass is 9.56. The Balaban J connectivity index is 2.36. The van der Waals surface area contributed by atoms with E-state index in [0.29, 0.717) is 23.8 Å². The first-order valence-corrected chi connectivity index (χ1v) is 7.24. The Bertz CT molecular complexity index is 424. The Morgan fingerprint density at radius 1 is 1.47 bits per heavy atom. The van der Waals surface area contributed by atoms with Gasteiger partial charge in [0.1, 0.15) is 0 Å². The first-order valence-electron chi connectivity index (χ1n) is 7.24. The number of carbonyl (C=O) groups is 2. The summed E-state index contributed by atoms with van der Waals surface area (Å²) in [5.74, 6) is 0.389. The fourth-order valence-corrected chi connectivity index (χ4v) is 3.70. The van der Waals surface area contributed by atoms with Gasteiger partial charge in [0.05, 0.1) is 13.0 Å². The number of hydrogen-bond acceptors (Lipinski definition) is 3. The van der Waals surface area contributed by atoms with Gasteiger partial charge in [-0.2, -0.15) is 0 Å². The van der Waals surface area contributed by atoms with E-state index in [4.69, 9.17) is 4.74 Å². The molecule has 4 atom stereocenters. The van der Waals surface area contributed by atoms with Crippen LogP contribution in [-0.2, 0) is 14.3 Å². The molecule has 2 aliphatic rings. The molecular weight excluding hydrogens is 240 g/mol. The zero-order chi connectivity index (χ0) is 14.2. The van der Waals surface area contributed by atoms with E-state index in [0.717, 1.165) is 6.42 Å². The molecule has 1 unspecified atom stereocenters. The number of esters is 1. The monoisotopic (exact) mass is 264 g/mol. The van der Waals surface area contributed by atoms with Crippen LogP contribution < -0.4 is 0 Å². The van der Waals surface area contributed by atoms with Crippen molar-refractivity contribution in [1.29, 1.82) is 0 Å². The minimum absolute atomic E-state index is 0.0593. The van der Waals surface area contributed by atoms with Crippen LogP contribution in [0.1, 0.15) is 46.5 Å². The molecule has 106 valence electrons. The van der Waals surface area contributed by atoms with E-state index >= 15 is 0 Å². The minimum Gasteiger partial charge on any atom is -0.469 e. The normalized spacial score (nSPS) is 36.2. The standard InChI is InChI=1S/C16H24O3/c1-10-6-5-7-12-8-14(17)13(9-16(10,12)3)11(2)15(18)19-4/h9-12H,5-8H2,1-4H3/t10-,11?,12+,16+/m1/s1. The van der Waals surface area contributed by atoms with Crippen molar-refractivity contribution in [3.05, 3.63) is 11.6 Å². The highest BCUT2D eigenvalue weighted by molar-refractivity contribution is 6.01. The molecule has 1 saturated carbocycles. The van der Waals surface area contributed by atoms with Gasteiger partial charge in [0.2, 0.25) is 0 Å². The summed E-state index contributed by atoms with van der Waals surface area (Å²) in [6.07, 6.45) is 6.23. The minimum atomic E-state index is -0.440. The molecule has 0 saturated heterocycles. The van der Waals surface area contributed by atoms with E-state index < -0.39 is 5.92 Å². The quantitative estimate of drug-likeness (QED) is 0.720. The summed E-state index contributed by atoms with van der Waals surface area (Å²) in [6.45, 7) is 6.28. The lowest BCUT2D eigenvalue weighted by Gasteiger charge is -2.47. The summed E-state index contributed by atoms with van der Waals surface area (Å²) in [7, 11) is 1.38. The predicted molar refractivity (Wildman–Crippen MR) is 73.5 cm³/mol. The van der Waals surface area contributed by atoms with Crippen LogP contribution in [0.5, 0.6) is 0 Å². The molecule has 0 radical (unpaired) electrons. The van der Waals surface area contributed by atoms with Crippen LogP contribution in [0.3, 0.4) is 0 Å². The van der Waals surface area contributed by atoms with Gasteiger partial charge in [0.15, 0.2) is 5.78 Å². The Morgan fingerprint density at radius 2 is 2.16 bits per heavy atom. The summed E-state index contributed by atoms with van der Waals surface area (Å²) < 4.78 is 4.78. The van der Waals surface area contributed by atoms with Crippen molar-refractivity contribution < 1.29 is 14.3 Å². The van der Waals surface area contributed by atoms with E-state index in [2.05, 4.69) is 19.9 Å². The molecule has 1 fully saturated rings. The Morgan fingerprint density at radius 3 is 2.79 bits per heavy atom. The van der Waals surface area contributed by atoms with Crippen molar-refractivity contribution in [3.8, 4) is 0 Å². The molecule has 0 aromatic heterocycles. The van der Waals surface area contributed by atoms with Gasteiger partial charge in [0.25, 0.3) is 0 Å². The van der Waals surface area contributed by atoms with Crippen LogP contribution in [-0.4, -0.2) is 18.9 Å². The number of rotatable bonds is 2. The van der Waals surface area contributed by atoms with Gasteiger partial charge in [0, 0.05) is 12.0 Å². The maximum Gasteiger partial charge on any atom is 0.312 e. The van der Waals surface area contributed by atoms with Gasteiger partial charge < -0.3 is 4.74 Å². The molecule has 0 bridgehead atoms. The highest BCUT2D eigenvalue weighted by Crippen LogP contribution is 2.51. The van der Waals surface area contributed by atoms with Crippen LogP contribution in [0.15, 0.2) is 11.6 Å². The highest BCUT2D eigenvalue weighted by Gasteiger charge is 2.45. The van der Waals surface area contributed by atoms with Crippen molar-refractivity contribution in [2.45, 2.75) is 46.5 Å². The van der Waals surface area contributed by atoms with E-state index in [1.165, 1.54) is 20.0 Å². The van der Waals surface area contributed by atoms with Gasteiger partial charge in [-0.3, -0.25) is 9.59 Å². The second-order valence-corrected chi connectivity index (χ2v) is 6.37. The maximum atomic E-state index is 12.3. The van der Waals surface area contributed by atoms with Crippen molar-refractivity contribution in [1.82, 2.24) is 0 Å². The molecule has 0 N–H and O–H groups in total. The molecule has 2 aliphatic carbocycles. The summed E-state index contributed by atoms with van der Waals surface area (Å²) in [6, 6.07) is 0. The summed E-state index contributed by atoms with van der Waals surface area (Å²) in [5, 5.41) is 0. The van der Waals surface area contributed by atoms with Gasteiger partial charge in [-0.25, -0.2) is 0 Å². The third-order valence-electron chi connectivity index (χ3n) is 5.37. The summed E-state index contributed by atoms with van der Waals surface area (Å²) >= 11 is 0. The average Bonchev–Trinajstić information content (AvgIpc) is 2.39. The van der Waals surface area contributed by atoms with Crippen LogP contribution >= 0.6 is 0 Å². The molecule has 3 heteroatoms. The third kappa shape index (κ3) is 2.35. The highest BCUT2D eigenvalue weighted by atomic mass is 16.5. The Labute approximate surface area is 115 Å². The van der Waals surface area contributed by atoms with Crippen molar-refractivity contribution in [2.24, 2.45) is 23.2 Å². The van der Waals surface area contributed by atoms with E-state index in [-0.39, 0.29) is 17.2 Å². The van der Waals surface area contributed by atoms with Gasteiger partial charge in [-0.05, 0) is 37.0 Å². The molecule has 0 aromatic carbocycles. The first kappa shape index (κ1) is 14.3. The molecule has 3 nitrogen and oxygen atoms in total. The lowest BCUT2D eigenvalue weighted by molar-refractivity contribution is -0.144.